The van der Waals surface area contributed by atoms with E-state index in [4.69, 9.17) is 10.2 Å². The van der Waals surface area contributed by atoms with Crippen LogP contribution in [-0.2, 0) is 0 Å². The van der Waals surface area contributed by atoms with Gasteiger partial charge in [-0.2, -0.15) is 0 Å². The van der Waals surface area contributed by atoms with Gasteiger partial charge in [0.05, 0.1) is 12.2 Å². The summed E-state index contributed by atoms with van der Waals surface area (Å²) in [6.07, 6.45) is 3.06. The lowest BCUT2D eigenvalue weighted by Gasteiger charge is -2.05. The van der Waals surface area contributed by atoms with Crippen LogP contribution in [0.2, 0.25) is 0 Å². The second-order valence-electron chi connectivity index (χ2n) is 3.57. The summed E-state index contributed by atoms with van der Waals surface area (Å²) in [7, 11) is 0. The molecule has 0 aliphatic rings. The molecule has 4 nitrogen and oxygen atoms in total. The summed E-state index contributed by atoms with van der Waals surface area (Å²) in [4.78, 5) is 15.7. The predicted octanol–water partition coefficient (Wildman–Crippen LogP) is 1.87. The summed E-state index contributed by atoms with van der Waals surface area (Å²) in [5.74, 6) is 0.410. The van der Waals surface area contributed by atoms with Crippen molar-refractivity contribution in [1.29, 1.82) is 0 Å². The van der Waals surface area contributed by atoms with Gasteiger partial charge in [0, 0.05) is 11.1 Å². The van der Waals surface area contributed by atoms with E-state index in [1.807, 2.05) is 6.07 Å². The van der Waals surface area contributed by atoms with Gasteiger partial charge in [0.2, 0.25) is 5.89 Å². The lowest BCUT2D eigenvalue weighted by atomic mass is 10.0. The van der Waals surface area contributed by atoms with Crippen LogP contribution >= 0.6 is 0 Å². The summed E-state index contributed by atoms with van der Waals surface area (Å²) < 4.78 is 5.16. The molecule has 2 rings (SSSR count). The van der Waals surface area contributed by atoms with Crippen molar-refractivity contribution in [3.8, 4) is 11.5 Å². The second kappa shape index (κ2) is 4.28. The van der Waals surface area contributed by atoms with Crippen molar-refractivity contribution < 1.29 is 9.21 Å². The van der Waals surface area contributed by atoms with Gasteiger partial charge in [-0.3, -0.25) is 4.79 Å². The lowest BCUT2D eigenvalue weighted by molar-refractivity contribution is 0.0968. The molecule has 16 heavy (non-hydrogen) atoms. The number of hydrogen-bond donors (Lipinski definition) is 1. The number of benzene rings is 1. The minimum Gasteiger partial charge on any atom is -0.445 e. The second-order valence-corrected chi connectivity index (χ2v) is 3.57. The van der Waals surface area contributed by atoms with Crippen LogP contribution in [0.5, 0.6) is 0 Å². The molecule has 2 aromatic rings. The van der Waals surface area contributed by atoms with E-state index in [1.165, 1.54) is 6.26 Å². The highest BCUT2D eigenvalue weighted by Gasteiger charge is 2.12. The predicted molar refractivity (Wildman–Crippen MR) is 59.9 cm³/mol. The zero-order valence-corrected chi connectivity index (χ0v) is 8.88. The summed E-state index contributed by atoms with van der Waals surface area (Å²) in [5, 5.41) is 0. The van der Waals surface area contributed by atoms with Crippen molar-refractivity contribution >= 4 is 5.78 Å². The topological polar surface area (TPSA) is 69.1 Å². The van der Waals surface area contributed by atoms with E-state index >= 15 is 0 Å². The number of carbonyl (C=O) groups excluding carboxylic acids is 1. The maximum atomic E-state index is 11.7. The monoisotopic (exact) mass is 216 g/mol. The Bertz CT molecular complexity index is 489. The van der Waals surface area contributed by atoms with Crippen LogP contribution in [0.3, 0.4) is 0 Å². The molecule has 0 saturated heterocycles. The van der Waals surface area contributed by atoms with Crippen LogP contribution in [0.4, 0.5) is 0 Å². The Kier molecular flexibility index (Phi) is 2.83. The van der Waals surface area contributed by atoms with Crippen LogP contribution < -0.4 is 5.73 Å². The van der Waals surface area contributed by atoms with Crippen molar-refractivity contribution in [3.63, 3.8) is 0 Å². The SMILES string of the molecule is CC(N)C(=O)c1cccc(-c2ncco2)c1. The van der Waals surface area contributed by atoms with Gasteiger partial charge >= 0.3 is 0 Å². The molecule has 0 fully saturated rings. The standard InChI is InChI=1S/C12H12N2O2/c1-8(13)11(15)9-3-2-4-10(7-9)12-14-5-6-16-12/h2-8H,13H2,1H3. The van der Waals surface area contributed by atoms with E-state index in [2.05, 4.69) is 4.98 Å². The van der Waals surface area contributed by atoms with Crippen molar-refractivity contribution in [1.82, 2.24) is 4.98 Å². The van der Waals surface area contributed by atoms with Gasteiger partial charge in [-0.15, -0.1) is 0 Å². The number of Topliss-reactive ketones (excluding diaryl/α,β-unsaturated/α-hetero) is 1. The molecule has 1 aromatic heterocycles. The summed E-state index contributed by atoms with van der Waals surface area (Å²) in [6, 6.07) is 6.59. The van der Waals surface area contributed by atoms with Gasteiger partial charge in [-0.1, -0.05) is 12.1 Å². The molecule has 4 heteroatoms. The highest BCUT2D eigenvalue weighted by molar-refractivity contribution is 6.00. The Labute approximate surface area is 93.1 Å². The number of ketones is 1. The van der Waals surface area contributed by atoms with E-state index in [0.717, 1.165) is 5.56 Å². The third kappa shape index (κ3) is 2.01. The average molecular weight is 216 g/mol. The first kappa shape index (κ1) is 10.6. The average Bonchev–Trinajstić information content (AvgIpc) is 2.81. The van der Waals surface area contributed by atoms with Gasteiger partial charge < -0.3 is 10.2 Å². The molecular formula is C12H12N2O2. The minimum atomic E-state index is -0.500. The highest BCUT2D eigenvalue weighted by atomic mass is 16.3. The number of nitrogens with zero attached hydrogens (tertiary/aromatic N) is 1. The quantitative estimate of drug-likeness (QED) is 0.795. The summed E-state index contributed by atoms with van der Waals surface area (Å²) >= 11 is 0. The first-order chi connectivity index (χ1) is 7.68. The molecule has 0 bridgehead atoms. The van der Waals surface area contributed by atoms with Gasteiger partial charge in [0.1, 0.15) is 6.26 Å². The number of nitrogens with two attached hydrogens (primary N) is 1. The number of hydrogen-bond acceptors (Lipinski definition) is 4. The number of carbonyl (C=O) groups is 1. The third-order valence-corrected chi connectivity index (χ3v) is 2.24. The zero-order chi connectivity index (χ0) is 11.5. The van der Waals surface area contributed by atoms with Crippen molar-refractivity contribution in [2.24, 2.45) is 5.73 Å². The fraction of sp³-hybridized carbons (Fsp3) is 0.167. The molecule has 0 amide bonds. The van der Waals surface area contributed by atoms with E-state index in [9.17, 15) is 4.79 Å². The Hall–Kier alpha value is -1.94. The number of oxazole rings is 1. The normalized spacial score (nSPS) is 12.4. The molecule has 0 aliphatic heterocycles. The fourth-order valence-electron chi connectivity index (χ4n) is 1.43. The van der Waals surface area contributed by atoms with Crippen LogP contribution in [0, 0.1) is 0 Å². The van der Waals surface area contributed by atoms with Crippen molar-refractivity contribution in [3.05, 3.63) is 42.3 Å². The van der Waals surface area contributed by atoms with Gasteiger partial charge in [0.25, 0.3) is 0 Å². The molecule has 1 heterocycles. The van der Waals surface area contributed by atoms with Crippen LogP contribution in [0.15, 0.2) is 41.1 Å². The molecule has 1 atom stereocenters. The lowest BCUT2D eigenvalue weighted by Crippen LogP contribution is -2.26. The van der Waals surface area contributed by atoms with Crippen LogP contribution in [0.25, 0.3) is 11.5 Å². The van der Waals surface area contributed by atoms with Crippen molar-refractivity contribution in [2.75, 3.05) is 0 Å². The van der Waals surface area contributed by atoms with E-state index in [1.54, 1.807) is 31.3 Å². The molecule has 0 spiro atoms. The summed E-state index contributed by atoms with van der Waals surface area (Å²) in [6.45, 7) is 1.67. The summed E-state index contributed by atoms with van der Waals surface area (Å²) in [5.41, 5.74) is 6.90. The van der Waals surface area contributed by atoms with Gasteiger partial charge in [-0.05, 0) is 19.1 Å². The third-order valence-electron chi connectivity index (χ3n) is 2.24. The Morgan fingerprint density at radius 1 is 1.50 bits per heavy atom. The maximum absolute atomic E-state index is 11.7. The number of aromatic nitrogens is 1. The molecule has 82 valence electrons. The highest BCUT2D eigenvalue weighted by Crippen LogP contribution is 2.18. The smallest absolute Gasteiger partial charge is 0.225 e. The van der Waals surface area contributed by atoms with E-state index in [-0.39, 0.29) is 5.78 Å². The molecule has 0 saturated carbocycles. The fourth-order valence-corrected chi connectivity index (χ4v) is 1.43. The van der Waals surface area contributed by atoms with E-state index in [0.29, 0.717) is 11.5 Å². The first-order valence-electron chi connectivity index (χ1n) is 4.98. The van der Waals surface area contributed by atoms with Gasteiger partial charge in [0.15, 0.2) is 5.78 Å². The molecular weight excluding hydrogens is 204 g/mol. The Balaban J connectivity index is 2.37. The molecule has 0 aliphatic carbocycles. The maximum Gasteiger partial charge on any atom is 0.225 e. The minimum absolute atomic E-state index is 0.0894. The first-order valence-corrected chi connectivity index (χ1v) is 4.98. The van der Waals surface area contributed by atoms with E-state index < -0.39 is 6.04 Å². The molecule has 1 unspecified atom stereocenters. The van der Waals surface area contributed by atoms with Gasteiger partial charge in [-0.25, -0.2) is 4.98 Å². The van der Waals surface area contributed by atoms with Crippen molar-refractivity contribution in [2.45, 2.75) is 13.0 Å². The Morgan fingerprint density at radius 3 is 2.94 bits per heavy atom. The zero-order valence-electron chi connectivity index (χ0n) is 8.88. The molecule has 1 aromatic carbocycles. The largest absolute Gasteiger partial charge is 0.445 e. The van der Waals surface area contributed by atoms with Crippen LogP contribution in [0.1, 0.15) is 17.3 Å². The Morgan fingerprint density at radius 2 is 2.31 bits per heavy atom. The van der Waals surface area contributed by atoms with Crippen LogP contribution in [-0.4, -0.2) is 16.8 Å². The molecule has 0 radical (unpaired) electrons. The number of rotatable bonds is 3. The molecule has 2 N–H and O–H groups in total.